The number of anilines is 2. The number of nitrogens with one attached hydrogen (secondary N) is 1. The summed E-state index contributed by atoms with van der Waals surface area (Å²) >= 11 is 3.48. The van der Waals surface area contributed by atoms with Gasteiger partial charge in [-0.25, -0.2) is 9.99 Å². The summed E-state index contributed by atoms with van der Waals surface area (Å²) in [7, 11) is 0. The Hall–Kier alpha value is -0.810. The van der Waals surface area contributed by atoms with Crippen LogP contribution in [-0.2, 0) is 0 Å². The number of hydrogen-bond acceptors (Lipinski definition) is 4. The Kier molecular flexibility index (Phi) is 3.89. The lowest BCUT2D eigenvalue weighted by molar-refractivity contribution is 0.135. The van der Waals surface area contributed by atoms with Crippen molar-refractivity contribution in [3.63, 3.8) is 0 Å². The predicted molar refractivity (Wildman–Crippen MR) is 74.6 cm³/mol. The van der Waals surface area contributed by atoms with Crippen LogP contribution in [0.3, 0.4) is 0 Å². The molecule has 0 saturated carbocycles. The van der Waals surface area contributed by atoms with Crippen molar-refractivity contribution in [3.8, 4) is 0 Å². The van der Waals surface area contributed by atoms with Gasteiger partial charge in [-0.2, -0.15) is 0 Å². The van der Waals surface area contributed by atoms with E-state index in [-0.39, 0.29) is 0 Å². The molecule has 2 heterocycles. The fraction of sp³-hybridized carbons (Fsp3) is 0.583. The summed E-state index contributed by atoms with van der Waals surface area (Å²) in [5.41, 5.74) is 9.75. The molecule has 17 heavy (non-hydrogen) atoms. The minimum Gasteiger partial charge on any atom is -0.397 e. The van der Waals surface area contributed by atoms with Crippen LogP contribution >= 0.6 is 15.9 Å². The smallest absolute Gasteiger partial charge is 0.154 e. The minimum atomic E-state index is 0.532. The van der Waals surface area contributed by atoms with Crippen molar-refractivity contribution in [2.75, 3.05) is 11.2 Å². The van der Waals surface area contributed by atoms with Crippen molar-refractivity contribution < 1.29 is 0 Å². The first-order chi connectivity index (χ1) is 8.08. The summed E-state index contributed by atoms with van der Waals surface area (Å²) in [5, 5.41) is 2.28. The molecule has 1 aliphatic heterocycles. The largest absolute Gasteiger partial charge is 0.397 e. The Labute approximate surface area is 111 Å². The third kappa shape index (κ3) is 2.90. The second-order valence-electron chi connectivity index (χ2n) is 4.75. The number of nitrogen functional groups attached to an aromatic ring is 1. The summed E-state index contributed by atoms with van der Waals surface area (Å²) in [6.07, 6.45) is 5.43. The number of hydrazine groups is 1. The maximum absolute atomic E-state index is 5.68. The highest BCUT2D eigenvalue weighted by Crippen LogP contribution is 2.27. The van der Waals surface area contributed by atoms with Crippen LogP contribution in [-0.4, -0.2) is 22.1 Å². The molecule has 2 rings (SSSR count). The van der Waals surface area contributed by atoms with E-state index in [0.29, 0.717) is 17.8 Å². The van der Waals surface area contributed by atoms with E-state index in [2.05, 4.69) is 45.2 Å². The van der Waals surface area contributed by atoms with Gasteiger partial charge in [-0.05, 0) is 48.7 Å². The number of nitrogens with two attached hydrogens (primary N) is 1. The molecule has 0 aromatic carbocycles. The first-order valence-corrected chi connectivity index (χ1v) is 6.83. The maximum Gasteiger partial charge on any atom is 0.154 e. The number of halogens is 1. The number of rotatable bonds is 2. The van der Waals surface area contributed by atoms with Gasteiger partial charge in [0, 0.05) is 12.1 Å². The highest BCUT2D eigenvalue weighted by atomic mass is 79.9. The van der Waals surface area contributed by atoms with Crippen LogP contribution in [0.25, 0.3) is 0 Å². The van der Waals surface area contributed by atoms with Crippen molar-refractivity contribution >= 4 is 27.4 Å². The van der Waals surface area contributed by atoms with Crippen LogP contribution in [0.5, 0.6) is 0 Å². The molecule has 3 N–H and O–H groups in total. The van der Waals surface area contributed by atoms with Gasteiger partial charge in [-0.15, -0.1) is 0 Å². The van der Waals surface area contributed by atoms with E-state index in [1.807, 2.05) is 6.07 Å². The predicted octanol–water partition coefficient (Wildman–Crippen LogP) is 3.02. The lowest BCUT2D eigenvalue weighted by Crippen LogP contribution is -2.47. The van der Waals surface area contributed by atoms with Gasteiger partial charge in [0.1, 0.15) is 0 Å². The minimum absolute atomic E-state index is 0.532. The standard InChI is InChI=1S/C12H19BrN4/c1-8-4-3-5-9(2)17(8)16-12-11(13)6-10(14)7-15-12/h6-9H,3-5,14H2,1-2H3,(H,15,16). The molecule has 2 atom stereocenters. The van der Waals surface area contributed by atoms with Crippen molar-refractivity contribution in [2.45, 2.75) is 45.2 Å². The van der Waals surface area contributed by atoms with Gasteiger partial charge in [-0.1, -0.05) is 6.42 Å². The molecule has 1 aromatic rings. The van der Waals surface area contributed by atoms with Gasteiger partial charge in [-0.3, -0.25) is 0 Å². The van der Waals surface area contributed by atoms with E-state index in [1.54, 1.807) is 6.20 Å². The Balaban J connectivity index is 2.13. The molecule has 1 saturated heterocycles. The number of nitrogens with zero attached hydrogens (tertiary/aromatic N) is 2. The second kappa shape index (κ2) is 5.23. The third-order valence-corrected chi connectivity index (χ3v) is 3.90. The molecule has 2 unspecified atom stereocenters. The summed E-state index contributed by atoms with van der Waals surface area (Å²) in [6.45, 7) is 4.49. The van der Waals surface area contributed by atoms with Crippen LogP contribution in [0, 0.1) is 0 Å². The van der Waals surface area contributed by atoms with Gasteiger partial charge >= 0.3 is 0 Å². The zero-order chi connectivity index (χ0) is 12.4. The molecule has 0 radical (unpaired) electrons. The van der Waals surface area contributed by atoms with E-state index in [4.69, 9.17) is 5.73 Å². The van der Waals surface area contributed by atoms with E-state index < -0.39 is 0 Å². The van der Waals surface area contributed by atoms with Crippen LogP contribution < -0.4 is 11.2 Å². The maximum atomic E-state index is 5.68. The molecule has 1 fully saturated rings. The number of piperidine rings is 1. The average molecular weight is 299 g/mol. The van der Waals surface area contributed by atoms with Crippen LogP contribution in [0.1, 0.15) is 33.1 Å². The summed E-state index contributed by atoms with van der Waals surface area (Å²) in [4.78, 5) is 4.32. The van der Waals surface area contributed by atoms with Crippen molar-refractivity contribution in [1.82, 2.24) is 9.99 Å². The molecule has 1 aliphatic rings. The number of hydrogen-bond donors (Lipinski definition) is 2. The van der Waals surface area contributed by atoms with Crippen molar-refractivity contribution in [3.05, 3.63) is 16.7 Å². The number of aromatic nitrogens is 1. The highest BCUT2D eigenvalue weighted by Gasteiger charge is 2.25. The Morgan fingerprint density at radius 3 is 2.65 bits per heavy atom. The van der Waals surface area contributed by atoms with E-state index in [1.165, 1.54) is 19.3 Å². The lowest BCUT2D eigenvalue weighted by Gasteiger charge is -2.39. The van der Waals surface area contributed by atoms with Crippen molar-refractivity contribution in [2.24, 2.45) is 0 Å². The lowest BCUT2D eigenvalue weighted by atomic mass is 10.00. The SMILES string of the molecule is CC1CCCC(C)N1Nc1ncc(N)cc1Br. The van der Waals surface area contributed by atoms with Gasteiger partial charge < -0.3 is 11.2 Å². The molecule has 0 bridgehead atoms. The van der Waals surface area contributed by atoms with Gasteiger partial charge in [0.2, 0.25) is 0 Å². The first-order valence-electron chi connectivity index (χ1n) is 6.04. The summed E-state index contributed by atoms with van der Waals surface area (Å²) < 4.78 is 0.905. The molecule has 1 aromatic heterocycles. The zero-order valence-electron chi connectivity index (χ0n) is 10.3. The monoisotopic (exact) mass is 298 g/mol. The number of pyridine rings is 1. The molecule has 0 amide bonds. The van der Waals surface area contributed by atoms with Crippen LogP contribution in [0.2, 0.25) is 0 Å². The quantitative estimate of drug-likeness (QED) is 0.881. The van der Waals surface area contributed by atoms with Crippen LogP contribution in [0.4, 0.5) is 11.5 Å². The zero-order valence-corrected chi connectivity index (χ0v) is 11.9. The Bertz CT molecular complexity index is 386. The summed E-state index contributed by atoms with van der Waals surface area (Å²) in [5.74, 6) is 0.833. The topological polar surface area (TPSA) is 54.2 Å². The highest BCUT2D eigenvalue weighted by molar-refractivity contribution is 9.10. The molecule has 0 spiro atoms. The van der Waals surface area contributed by atoms with E-state index >= 15 is 0 Å². The van der Waals surface area contributed by atoms with E-state index in [0.717, 1.165) is 10.3 Å². The second-order valence-corrected chi connectivity index (χ2v) is 5.60. The average Bonchev–Trinajstić information content (AvgIpc) is 2.26. The van der Waals surface area contributed by atoms with Gasteiger partial charge in [0.05, 0.1) is 16.4 Å². The Morgan fingerprint density at radius 2 is 2.06 bits per heavy atom. The molecule has 94 valence electrons. The normalized spacial score (nSPS) is 25.8. The first kappa shape index (κ1) is 12.6. The molecule has 4 nitrogen and oxygen atoms in total. The third-order valence-electron chi connectivity index (χ3n) is 3.29. The van der Waals surface area contributed by atoms with Gasteiger partial charge in [0.25, 0.3) is 0 Å². The van der Waals surface area contributed by atoms with Crippen molar-refractivity contribution in [1.29, 1.82) is 0 Å². The van der Waals surface area contributed by atoms with Crippen LogP contribution in [0.15, 0.2) is 16.7 Å². The van der Waals surface area contributed by atoms with Gasteiger partial charge in [0.15, 0.2) is 5.82 Å². The van der Waals surface area contributed by atoms with E-state index in [9.17, 15) is 0 Å². The summed E-state index contributed by atoms with van der Waals surface area (Å²) in [6, 6.07) is 2.93. The molecule has 0 aliphatic carbocycles. The fourth-order valence-electron chi connectivity index (χ4n) is 2.30. The Morgan fingerprint density at radius 1 is 1.41 bits per heavy atom. The molecule has 5 heteroatoms. The molecular weight excluding hydrogens is 280 g/mol. The fourth-order valence-corrected chi connectivity index (χ4v) is 2.75. The molecular formula is C12H19BrN4.